The molecule has 0 saturated carbocycles. The Morgan fingerprint density at radius 2 is 1.50 bits per heavy atom. The van der Waals surface area contributed by atoms with E-state index in [1.165, 1.54) is 25.6 Å². The first-order chi connectivity index (χ1) is 18.8. The van der Waals surface area contributed by atoms with Crippen molar-refractivity contribution < 1.29 is 27.5 Å². The lowest BCUT2D eigenvalue weighted by atomic mass is 9.86. The van der Waals surface area contributed by atoms with Crippen LogP contribution in [0.25, 0.3) is 10.1 Å². The predicted molar refractivity (Wildman–Crippen MR) is 161 cm³/mol. The number of sulfonamides is 1. The molecule has 0 aliphatic heterocycles. The van der Waals surface area contributed by atoms with E-state index >= 15 is 0 Å². The summed E-state index contributed by atoms with van der Waals surface area (Å²) < 4.78 is 38.1. The van der Waals surface area contributed by atoms with Gasteiger partial charge in [0.15, 0.2) is 5.75 Å². The van der Waals surface area contributed by atoms with Crippen molar-refractivity contribution in [3.8, 4) is 11.5 Å². The number of rotatable bonds is 8. The van der Waals surface area contributed by atoms with Crippen molar-refractivity contribution >= 4 is 60.3 Å². The number of carbonyl (C=O) groups is 2. The van der Waals surface area contributed by atoms with Crippen LogP contribution in [0.3, 0.4) is 0 Å². The van der Waals surface area contributed by atoms with E-state index in [0.717, 1.165) is 21.9 Å². The molecule has 1 heterocycles. The molecule has 0 spiro atoms. The number of amides is 2. The third kappa shape index (κ3) is 6.37. The lowest BCUT2D eigenvalue weighted by Crippen LogP contribution is -2.18. The van der Waals surface area contributed by atoms with Crippen LogP contribution >= 0.6 is 11.3 Å². The standard InChI is InChI=1S/C29H31N3O6S2/c1-29(2,3)18-15-21(25(38-5)22(16-18)32-40(6,35)36)31-28(34)24-14-17-10-9-12-20(26(17)39-24)30-27(33)19-11-7-8-13-23(19)37-4/h7-16,32H,1-6H3,(H,30,33)(H,31,34). The van der Waals surface area contributed by atoms with Gasteiger partial charge in [-0.15, -0.1) is 11.3 Å². The number of para-hydroxylation sites is 1. The Morgan fingerprint density at radius 1 is 0.825 bits per heavy atom. The first-order valence-electron chi connectivity index (χ1n) is 12.3. The minimum Gasteiger partial charge on any atom is -0.496 e. The molecule has 3 aromatic carbocycles. The summed E-state index contributed by atoms with van der Waals surface area (Å²) in [7, 11) is -0.698. The highest BCUT2D eigenvalue weighted by Crippen LogP contribution is 2.40. The van der Waals surface area contributed by atoms with E-state index in [4.69, 9.17) is 9.47 Å². The number of hydrogen-bond donors (Lipinski definition) is 3. The van der Waals surface area contributed by atoms with Crippen molar-refractivity contribution in [3.63, 3.8) is 0 Å². The molecule has 2 amide bonds. The topological polar surface area (TPSA) is 123 Å². The van der Waals surface area contributed by atoms with Gasteiger partial charge in [-0.3, -0.25) is 14.3 Å². The maximum Gasteiger partial charge on any atom is 0.265 e. The van der Waals surface area contributed by atoms with Gasteiger partial charge in [-0.2, -0.15) is 0 Å². The fourth-order valence-electron chi connectivity index (χ4n) is 4.13. The first-order valence-corrected chi connectivity index (χ1v) is 15.0. The summed E-state index contributed by atoms with van der Waals surface area (Å²) in [6.07, 6.45) is 1.05. The monoisotopic (exact) mass is 581 g/mol. The average molecular weight is 582 g/mol. The van der Waals surface area contributed by atoms with Crippen LogP contribution < -0.4 is 24.8 Å². The van der Waals surface area contributed by atoms with Crippen LogP contribution in [0.1, 0.15) is 46.4 Å². The molecule has 0 bridgehead atoms. The summed E-state index contributed by atoms with van der Waals surface area (Å²) >= 11 is 1.23. The molecule has 0 radical (unpaired) electrons. The van der Waals surface area contributed by atoms with Crippen LogP contribution in [0.2, 0.25) is 0 Å². The Labute approximate surface area is 237 Å². The summed E-state index contributed by atoms with van der Waals surface area (Å²) in [6, 6.07) is 17.6. The van der Waals surface area contributed by atoms with Gasteiger partial charge in [0.05, 0.1) is 52.7 Å². The SMILES string of the molecule is COc1ccccc1C(=O)Nc1cccc2cc(C(=O)Nc3cc(C(C)(C)C)cc(NS(C)(=O)=O)c3OC)sc12. The zero-order valence-corrected chi connectivity index (χ0v) is 24.7. The van der Waals surface area contributed by atoms with Crippen molar-refractivity contribution in [3.05, 3.63) is 76.7 Å². The number of anilines is 3. The van der Waals surface area contributed by atoms with Crippen LogP contribution in [-0.4, -0.2) is 40.7 Å². The molecule has 210 valence electrons. The Morgan fingerprint density at radius 3 is 2.15 bits per heavy atom. The van der Waals surface area contributed by atoms with E-state index in [9.17, 15) is 18.0 Å². The Kier molecular flexibility index (Phi) is 8.08. The van der Waals surface area contributed by atoms with E-state index in [-0.39, 0.29) is 22.8 Å². The van der Waals surface area contributed by atoms with Crippen LogP contribution in [0.15, 0.2) is 60.7 Å². The highest BCUT2D eigenvalue weighted by atomic mass is 32.2. The van der Waals surface area contributed by atoms with Crippen molar-refractivity contribution in [1.82, 2.24) is 0 Å². The molecule has 1 aromatic heterocycles. The van der Waals surface area contributed by atoms with Gasteiger partial charge in [0.1, 0.15) is 5.75 Å². The fourth-order valence-corrected chi connectivity index (χ4v) is 5.70. The molecule has 0 saturated heterocycles. The number of nitrogens with one attached hydrogen (secondary N) is 3. The third-order valence-corrected chi connectivity index (χ3v) is 7.84. The third-order valence-electron chi connectivity index (χ3n) is 6.07. The van der Waals surface area contributed by atoms with Crippen LogP contribution in [0.5, 0.6) is 11.5 Å². The number of ether oxygens (including phenoxy) is 2. The van der Waals surface area contributed by atoms with Gasteiger partial charge >= 0.3 is 0 Å². The molecule has 4 aromatic rings. The van der Waals surface area contributed by atoms with Crippen LogP contribution in [0, 0.1) is 0 Å². The van der Waals surface area contributed by atoms with E-state index in [2.05, 4.69) is 15.4 Å². The lowest BCUT2D eigenvalue weighted by Gasteiger charge is -2.23. The Balaban J connectivity index is 1.68. The van der Waals surface area contributed by atoms with E-state index in [0.29, 0.717) is 27.6 Å². The van der Waals surface area contributed by atoms with Crippen molar-refractivity contribution in [1.29, 1.82) is 0 Å². The number of carbonyl (C=O) groups excluding carboxylic acids is 2. The summed E-state index contributed by atoms with van der Waals surface area (Å²) in [4.78, 5) is 26.9. The molecule has 0 unspecified atom stereocenters. The lowest BCUT2D eigenvalue weighted by molar-refractivity contribution is 0.101. The summed E-state index contributed by atoms with van der Waals surface area (Å²) in [5.41, 5.74) is 1.96. The average Bonchev–Trinajstić information content (AvgIpc) is 3.33. The molecule has 3 N–H and O–H groups in total. The fraction of sp³-hybridized carbons (Fsp3) is 0.241. The number of fused-ring (bicyclic) bond motifs is 1. The molecule has 0 aliphatic rings. The van der Waals surface area contributed by atoms with E-state index < -0.39 is 15.9 Å². The second-order valence-corrected chi connectivity index (χ2v) is 13.0. The quantitative estimate of drug-likeness (QED) is 0.231. The van der Waals surface area contributed by atoms with Gasteiger partial charge in [0, 0.05) is 0 Å². The number of benzene rings is 3. The van der Waals surface area contributed by atoms with E-state index in [1.54, 1.807) is 54.6 Å². The van der Waals surface area contributed by atoms with Gasteiger partial charge in [-0.25, -0.2) is 8.42 Å². The highest BCUT2D eigenvalue weighted by Gasteiger charge is 2.23. The second-order valence-electron chi connectivity index (χ2n) is 10.2. The molecule has 0 aliphatic carbocycles. The molecule has 0 fully saturated rings. The van der Waals surface area contributed by atoms with Gasteiger partial charge in [0.2, 0.25) is 10.0 Å². The molecule has 11 heteroatoms. The zero-order chi connectivity index (χ0) is 29.2. The van der Waals surface area contributed by atoms with Gasteiger partial charge < -0.3 is 20.1 Å². The Bertz CT molecular complexity index is 1700. The molecule has 40 heavy (non-hydrogen) atoms. The smallest absolute Gasteiger partial charge is 0.265 e. The molecule has 9 nitrogen and oxygen atoms in total. The molecular weight excluding hydrogens is 550 g/mol. The second kappa shape index (κ2) is 11.2. The summed E-state index contributed by atoms with van der Waals surface area (Å²) in [5.74, 6) is -0.0934. The van der Waals surface area contributed by atoms with Gasteiger partial charge in [0.25, 0.3) is 11.8 Å². The van der Waals surface area contributed by atoms with Gasteiger partial charge in [-0.05, 0) is 52.8 Å². The van der Waals surface area contributed by atoms with Crippen molar-refractivity contribution in [2.24, 2.45) is 0 Å². The van der Waals surface area contributed by atoms with Crippen molar-refractivity contribution in [2.75, 3.05) is 35.8 Å². The maximum absolute atomic E-state index is 13.4. The van der Waals surface area contributed by atoms with E-state index in [1.807, 2.05) is 26.8 Å². The molecule has 4 rings (SSSR count). The number of thiophene rings is 1. The normalized spacial score (nSPS) is 11.7. The van der Waals surface area contributed by atoms with Crippen molar-refractivity contribution in [2.45, 2.75) is 26.2 Å². The summed E-state index contributed by atoms with van der Waals surface area (Å²) in [6.45, 7) is 5.95. The largest absolute Gasteiger partial charge is 0.496 e. The summed E-state index contributed by atoms with van der Waals surface area (Å²) in [5, 5.41) is 6.59. The molecule has 0 atom stereocenters. The van der Waals surface area contributed by atoms with Gasteiger partial charge in [-0.1, -0.05) is 45.0 Å². The predicted octanol–water partition coefficient (Wildman–Crippen LogP) is 6.09. The molecular formula is C29H31N3O6S2. The highest BCUT2D eigenvalue weighted by molar-refractivity contribution is 7.92. The zero-order valence-electron chi connectivity index (χ0n) is 23.0. The maximum atomic E-state index is 13.4. The number of methoxy groups -OCH3 is 2. The van der Waals surface area contributed by atoms with Crippen LogP contribution in [0.4, 0.5) is 17.1 Å². The minimum atomic E-state index is -3.61. The number of hydrogen-bond acceptors (Lipinski definition) is 7. The first kappa shape index (κ1) is 28.9. The Hall–Kier alpha value is -4.09. The van der Waals surface area contributed by atoms with Crippen LogP contribution in [-0.2, 0) is 15.4 Å². The minimum absolute atomic E-state index is 0.192.